The number of allylic oxidation sites excluding steroid dienone is 14. The highest BCUT2D eigenvalue weighted by Crippen LogP contribution is 2.18. The third-order valence-electron chi connectivity index (χ3n) is 14.9. The van der Waals surface area contributed by atoms with Crippen molar-refractivity contribution in [2.45, 2.75) is 348 Å². The second-order valence-corrected chi connectivity index (χ2v) is 22.7. The number of unbranched alkanes of at least 4 members (excludes halogenated alkanes) is 37. The number of carbonyl (C=O) groups is 3. The molecule has 0 aromatic heterocycles. The Hall–Kier alpha value is -3.41. The van der Waals surface area contributed by atoms with Gasteiger partial charge in [0.1, 0.15) is 13.2 Å². The zero-order chi connectivity index (χ0) is 57.1. The smallest absolute Gasteiger partial charge is 0.306 e. The van der Waals surface area contributed by atoms with E-state index in [0.29, 0.717) is 19.3 Å². The fraction of sp³-hybridized carbons (Fsp3) is 0.767. The summed E-state index contributed by atoms with van der Waals surface area (Å²) >= 11 is 0. The highest BCUT2D eigenvalue weighted by atomic mass is 16.6. The molecule has 0 aliphatic heterocycles. The van der Waals surface area contributed by atoms with E-state index in [2.05, 4.69) is 106 Å². The summed E-state index contributed by atoms with van der Waals surface area (Å²) in [6.45, 7) is 6.45. The second-order valence-electron chi connectivity index (χ2n) is 22.7. The summed E-state index contributed by atoms with van der Waals surface area (Å²) in [6.07, 6.45) is 89.0. The number of ether oxygens (including phenoxy) is 3. The van der Waals surface area contributed by atoms with Gasteiger partial charge in [0.2, 0.25) is 0 Å². The molecule has 0 aliphatic rings. The Morgan fingerprint density at radius 2 is 0.494 bits per heavy atom. The summed E-state index contributed by atoms with van der Waals surface area (Å²) < 4.78 is 16.9. The van der Waals surface area contributed by atoms with E-state index < -0.39 is 6.10 Å². The Labute approximate surface area is 490 Å². The Kier molecular flexibility index (Phi) is 64.2. The lowest BCUT2D eigenvalue weighted by Gasteiger charge is -2.18. The first kappa shape index (κ1) is 75.6. The fourth-order valence-corrected chi connectivity index (χ4v) is 9.86. The minimum atomic E-state index is -0.783. The van der Waals surface area contributed by atoms with Crippen LogP contribution in [0.5, 0.6) is 0 Å². The highest BCUT2D eigenvalue weighted by Gasteiger charge is 2.19. The maximum atomic E-state index is 12.9. The van der Waals surface area contributed by atoms with Gasteiger partial charge in [0, 0.05) is 19.3 Å². The maximum absolute atomic E-state index is 12.9. The first-order valence-electron chi connectivity index (χ1n) is 34.1. The molecule has 0 N–H and O–H groups in total. The van der Waals surface area contributed by atoms with E-state index in [1.165, 1.54) is 180 Å². The third-order valence-corrected chi connectivity index (χ3v) is 14.9. The van der Waals surface area contributed by atoms with Gasteiger partial charge in [0.05, 0.1) is 0 Å². The van der Waals surface area contributed by atoms with Crippen LogP contribution in [0.15, 0.2) is 85.1 Å². The molecule has 1 atom stereocenters. The van der Waals surface area contributed by atoms with Gasteiger partial charge in [-0.25, -0.2) is 0 Å². The van der Waals surface area contributed by atoms with Crippen molar-refractivity contribution in [3.63, 3.8) is 0 Å². The first-order valence-corrected chi connectivity index (χ1v) is 34.1. The Morgan fingerprint density at radius 1 is 0.266 bits per heavy atom. The topological polar surface area (TPSA) is 78.9 Å². The number of esters is 3. The van der Waals surface area contributed by atoms with Crippen molar-refractivity contribution >= 4 is 17.9 Å². The summed E-state index contributed by atoms with van der Waals surface area (Å²) in [7, 11) is 0. The van der Waals surface area contributed by atoms with E-state index in [-0.39, 0.29) is 31.1 Å². The standard InChI is InChI=1S/C73H128O6/c1-4-7-10-13-16-19-22-25-28-29-30-31-32-33-34-35-36-37-38-39-40-41-42-43-46-48-51-54-57-60-63-66-72(75)78-69-70(79-73(76)67-64-61-58-55-52-49-45-27-24-21-18-15-12-9-6-3)68-77-71(74)65-62-59-56-53-50-47-44-26-23-20-17-14-11-8-5-2/h7,9-10,12,16,18-19,21,25,27-28,30-31,45,70H,4-6,8,11,13-15,17,20,22-24,26,29,32-44,46-69H2,1-3H3/b10-7-,12-9-,19-16-,21-18-,28-25-,31-30-,45-27-. The van der Waals surface area contributed by atoms with Gasteiger partial charge in [0.25, 0.3) is 0 Å². The molecule has 6 heteroatoms. The predicted octanol–water partition coefficient (Wildman–Crippen LogP) is 23.4. The van der Waals surface area contributed by atoms with Crippen molar-refractivity contribution in [1.82, 2.24) is 0 Å². The van der Waals surface area contributed by atoms with Gasteiger partial charge in [-0.2, -0.15) is 0 Å². The maximum Gasteiger partial charge on any atom is 0.306 e. The average Bonchev–Trinajstić information content (AvgIpc) is 3.45. The molecule has 0 heterocycles. The first-order chi connectivity index (χ1) is 39.0. The lowest BCUT2D eigenvalue weighted by atomic mass is 10.0. The Bertz CT molecular complexity index is 1500. The zero-order valence-corrected chi connectivity index (χ0v) is 52.4. The van der Waals surface area contributed by atoms with Crippen LogP contribution in [0.1, 0.15) is 342 Å². The summed E-state index contributed by atoms with van der Waals surface area (Å²) in [5.41, 5.74) is 0. The van der Waals surface area contributed by atoms with E-state index in [1.807, 2.05) is 0 Å². The van der Waals surface area contributed by atoms with Gasteiger partial charge in [-0.3, -0.25) is 14.4 Å². The molecule has 0 spiro atoms. The van der Waals surface area contributed by atoms with E-state index in [1.54, 1.807) is 0 Å². The third kappa shape index (κ3) is 65.3. The summed E-state index contributed by atoms with van der Waals surface area (Å²) in [5, 5.41) is 0. The van der Waals surface area contributed by atoms with Crippen LogP contribution in [-0.4, -0.2) is 37.2 Å². The molecular formula is C73H128O6. The van der Waals surface area contributed by atoms with Crippen molar-refractivity contribution in [2.75, 3.05) is 13.2 Å². The van der Waals surface area contributed by atoms with Crippen LogP contribution in [-0.2, 0) is 28.6 Å². The van der Waals surface area contributed by atoms with Gasteiger partial charge in [-0.05, 0) is 89.9 Å². The van der Waals surface area contributed by atoms with Crippen molar-refractivity contribution in [3.05, 3.63) is 85.1 Å². The van der Waals surface area contributed by atoms with Crippen LogP contribution in [0.25, 0.3) is 0 Å². The van der Waals surface area contributed by atoms with Crippen LogP contribution in [0.4, 0.5) is 0 Å². The molecule has 0 radical (unpaired) electrons. The van der Waals surface area contributed by atoms with Gasteiger partial charge < -0.3 is 14.2 Å². The Balaban J connectivity index is 4.19. The molecular weight excluding hydrogens is 973 g/mol. The number of hydrogen-bond donors (Lipinski definition) is 0. The largest absolute Gasteiger partial charge is 0.462 e. The number of rotatable bonds is 62. The monoisotopic (exact) mass is 1100 g/mol. The molecule has 0 aromatic carbocycles. The molecule has 79 heavy (non-hydrogen) atoms. The van der Waals surface area contributed by atoms with E-state index in [0.717, 1.165) is 122 Å². The Morgan fingerprint density at radius 3 is 0.772 bits per heavy atom. The van der Waals surface area contributed by atoms with Crippen molar-refractivity contribution in [2.24, 2.45) is 0 Å². The molecule has 0 aliphatic carbocycles. The van der Waals surface area contributed by atoms with Crippen molar-refractivity contribution in [3.8, 4) is 0 Å². The SMILES string of the molecule is CC/C=C\C/C=C\C/C=C\C/C=C\CCCCCCCCCCCCCCCCCCCCC(=O)OCC(COC(=O)CCCCCCCCCCCCCCCCC)OC(=O)CCCCCCC/C=C\C/C=C\C/C=C\CC. The normalized spacial score (nSPS) is 12.6. The van der Waals surface area contributed by atoms with E-state index in [9.17, 15) is 14.4 Å². The molecule has 456 valence electrons. The molecule has 1 unspecified atom stereocenters. The molecule has 0 saturated carbocycles. The molecule has 0 bridgehead atoms. The zero-order valence-electron chi connectivity index (χ0n) is 52.4. The van der Waals surface area contributed by atoms with Crippen LogP contribution in [0, 0.1) is 0 Å². The minimum absolute atomic E-state index is 0.0783. The molecule has 6 nitrogen and oxygen atoms in total. The summed E-state index contributed by atoms with van der Waals surface area (Å²) in [6, 6.07) is 0. The second kappa shape index (κ2) is 67.1. The van der Waals surface area contributed by atoms with Gasteiger partial charge >= 0.3 is 17.9 Å². The molecule has 0 fully saturated rings. The summed E-state index contributed by atoms with van der Waals surface area (Å²) in [5.74, 6) is -0.876. The van der Waals surface area contributed by atoms with Gasteiger partial charge in [-0.1, -0.05) is 318 Å². The predicted molar refractivity (Wildman–Crippen MR) is 344 cm³/mol. The van der Waals surface area contributed by atoms with Crippen LogP contribution in [0.3, 0.4) is 0 Å². The lowest BCUT2D eigenvalue weighted by Crippen LogP contribution is -2.30. The fourth-order valence-electron chi connectivity index (χ4n) is 9.86. The average molecular weight is 1100 g/mol. The van der Waals surface area contributed by atoms with Crippen LogP contribution in [0.2, 0.25) is 0 Å². The van der Waals surface area contributed by atoms with Crippen LogP contribution >= 0.6 is 0 Å². The van der Waals surface area contributed by atoms with Crippen LogP contribution < -0.4 is 0 Å². The van der Waals surface area contributed by atoms with Crippen molar-refractivity contribution in [1.29, 1.82) is 0 Å². The molecule has 0 aromatic rings. The van der Waals surface area contributed by atoms with Gasteiger partial charge in [-0.15, -0.1) is 0 Å². The highest BCUT2D eigenvalue weighted by molar-refractivity contribution is 5.71. The molecule has 0 rings (SSSR count). The number of hydrogen-bond acceptors (Lipinski definition) is 6. The number of carbonyl (C=O) groups excluding carboxylic acids is 3. The van der Waals surface area contributed by atoms with E-state index >= 15 is 0 Å². The van der Waals surface area contributed by atoms with E-state index in [4.69, 9.17) is 14.2 Å². The minimum Gasteiger partial charge on any atom is -0.462 e. The summed E-state index contributed by atoms with van der Waals surface area (Å²) in [4.78, 5) is 38.3. The van der Waals surface area contributed by atoms with Crippen molar-refractivity contribution < 1.29 is 28.6 Å². The molecule has 0 saturated heterocycles. The lowest BCUT2D eigenvalue weighted by molar-refractivity contribution is -0.167. The molecule has 0 amide bonds. The quantitative estimate of drug-likeness (QED) is 0.0261. The van der Waals surface area contributed by atoms with Gasteiger partial charge in [0.15, 0.2) is 6.10 Å².